The molecule has 0 N–H and O–H groups in total. The second kappa shape index (κ2) is 28.5. The minimum Gasteiger partial charge on any atom is -1.00 e. The van der Waals surface area contributed by atoms with E-state index in [0.717, 1.165) is 49.8 Å². The number of halogens is 1. The van der Waals surface area contributed by atoms with Crippen molar-refractivity contribution in [3.63, 3.8) is 0 Å². The standard InChI is InChI=1S/C29H36N2.C24H22.C20H17N2.C14H12NS.ClH/c1-6-31(5,7-2)19-11-18-30-28-21-23(4)15-17-26(28)25-16-14-22(3)20-27(25)29(30)24-12-9-8-10-13-24;1-15-13-23(21-11-7-5-9-19(21)17(15)3)24-14-16(2)18(4)20-10-6-8-12-22(20)24;1-14-8-10-17-19(12-14)22(16-6-4-3-5-7-16)20-13-15(2)9-11-18(20)21-17;1-9-3-5-11-13(7-9)16-14-8-10(2)4-6-12(14)15-11;/h8-10,12-17,20-21H,6-7,11,18-19H2,1-5H3;5-14H,1-4H3;3-13H,1-2H3;3-8H,1-2H3;1H/q+2;;2*+1;/p-1. The lowest BCUT2D eigenvalue weighted by Gasteiger charge is -2.31. The first-order valence-corrected chi connectivity index (χ1v) is 33.9. The molecule has 5 nitrogen and oxygen atoms in total. The summed E-state index contributed by atoms with van der Waals surface area (Å²) in [5.74, 6) is 0. The zero-order chi connectivity index (χ0) is 65.1. The van der Waals surface area contributed by atoms with E-state index in [2.05, 4.69) is 329 Å². The number of aromatic nitrogens is 4. The van der Waals surface area contributed by atoms with Crippen LogP contribution >= 0.6 is 11.3 Å². The fraction of sp³-hybridized carbons (Fsp3) is 0.207. The van der Waals surface area contributed by atoms with E-state index >= 15 is 0 Å². The second-order valence-corrected chi connectivity index (χ2v) is 27.1. The van der Waals surface area contributed by atoms with Crippen molar-refractivity contribution in [1.82, 2.24) is 9.97 Å². The van der Waals surface area contributed by atoms with Crippen molar-refractivity contribution in [1.29, 1.82) is 0 Å². The van der Waals surface area contributed by atoms with Crippen LogP contribution in [0.4, 0.5) is 0 Å². The zero-order valence-corrected chi connectivity index (χ0v) is 58.6. The molecule has 0 bridgehead atoms. The molecule has 3 heterocycles. The van der Waals surface area contributed by atoms with Crippen molar-refractivity contribution in [3.05, 3.63) is 286 Å². The van der Waals surface area contributed by atoms with Gasteiger partial charge in [-0.2, -0.15) is 4.57 Å². The number of rotatable bonds is 9. The maximum absolute atomic E-state index is 4.83. The van der Waals surface area contributed by atoms with E-state index < -0.39 is 0 Å². The Bertz CT molecular complexity index is 5080. The van der Waals surface area contributed by atoms with E-state index in [0.29, 0.717) is 0 Å². The lowest BCUT2D eigenvalue weighted by atomic mass is 9.87. The van der Waals surface area contributed by atoms with Gasteiger partial charge in [0.1, 0.15) is 22.1 Å². The summed E-state index contributed by atoms with van der Waals surface area (Å²) in [4.78, 5) is 9.50. The summed E-state index contributed by atoms with van der Waals surface area (Å²) in [7, 11) is 2.38. The van der Waals surface area contributed by atoms with Gasteiger partial charge in [-0.15, -0.1) is 4.57 Å². The van der Waals surface area contributed by atoms with Gasteiger partial charge in [-0.3, -0.25) is 0 Å². The van der Waals surface area contributed by atoms with Gasteiger partial charge in [0.2, 0.25) is 39.3 Å². The monoisotopic (exact) mass is 1270 g/mol. The van der Waals surface area contributed by atoms with Crippen LogP contribution in [0, 0.1) is 69.2 Å². The first kappa shape index (κ1) is 66.2. The summed E-state index contributed by atoms with van der Waals surface area (Å²) in [6.45, 7) is 31.0. The first-order chi connectivity index (χ1) is 45.0. The number of fused-ring (bicyclic) bond motifs is 9. The summed E-state index contributed by atoms with van der Waals surface area (Å²) in [5.41, 5.74) is 27.5. The molecule has 3 aromatic heterocycles. The fourth-order valence-corrected chi connectivity index (χ4v) is 14.4. The van der Waals surface area contributed by atoms with Crippen LogP contribution in [0.15, 0.2) is 231 Å². The number of hydrogen-bond acceptors (Lipinski definition) is 2. The zero-order valence-electron chi connectivity index (χ0n) is 57.0. The first-order valence-electron chi connectivity index (χ1n) is 33.1. The van der Waals surface area contributed by atoms with E-state index in [1.54, 1.807) is 0 Å². The number of quaternary nitrogens is 1. The van der Waals surface area contributed by atoms with Crippen LogP contribution in [0.1, 0.15) is 75.9 Å². The van der Waals surface area contributed by atoms with Crippen LogP contribution in [-0.2, 0) is 6.54 Å². The van der Waals surface area contributed by atoms with Gasteiger partial charge in [0.25, 0.3) is 9.40 Å². The Morgan fingerprint density at radius 3 is 1.28 bits per heavy atom. The number of hydrogen-bond donors (Lipinski definition) is 0. The molecule has 0 aliphatic heterocycles. The van der Waals surface area contributed by atoms with E-state index in [-0.39, 0.29) is 12.4 Å². The minimum absolute atomic E-state index is 0. The quantitative estimate of drug-likeness (QED) is 0.0474. The second-order valence-electron chi connectivity index (χ2n) is 26.0. The summed E-state index contributed by atoms with van der Waals surface area (Å²) in [5, 5.41) is 9.44. The molecule has 0 saturated carbocycles. The Hall–Kier alpha value is -9.30. The predicted octanol–water partition coefficient (Wildman–Crippen LogP) is 19.0. The molecule has 15 aromatic rings. The summed E-state index contributed by atoms with van der Waals surface area (Å²) in [6, 6.07) is 83.2. The molecule has 12 aromatic carbocycles. The van der Waals surface area contributed by atoms with Crippen molar-refractivity contribution in [2.75, 3.05) is 26.7 Å². The van der Waals surface area contributed by atoms with Crippen LogP contribution < -0.4 is 21.5 Å². The number of pyridine rings is 1. The smallest absolute Gasteiger partial charge is 0.257 e. The van der Waals surface area contributed by atoms with Gasteiger partial charge in [0, 0.05) is 53.4 Å². The Morgan fingerprint density at radius 1 is 0.372 bits per heavy atom. The molecule has 0 radical (unpaired) electrons. The maximum Gasteiger partial charge on any atom is 0.257 e. The lowest BCUT2D eigenvalue weighted by Crippen LogP contribution is -3.00. The highest BCUT2D eigenvalue weighted by atomic mass is 35.5. The largest absolute Gasteiger partial charge is 1.00 e. The number of aryl methyl sites for hydroxylation is 11. The van der Waals surface area contributed by atoms with Crippen molar-refractivity contribution in [2.45, 2.75) is 96.1 Å². The molecule has 0 atom stereocenters. The maximum atomic E-state index is 4.83. The van der Waals surface area contributed by atoms with Crippen molar-refractivity contribution in [2.24, 2.45) is 0 Å². The molecule has 0 unspecified atom stereocenters. The minimum atomic E-state index is 0. The molecule has 0 saturated heterocycles. The van der Waals surface area contributed by atoms with Gasteiger partial charge < -0.3 is 16.9 Å². The Balaban J connectivity index is 0.000000130. The van der Waals surface area contributed by atoms with Gasteiger partial charge in [-0.05, 0) is 214 Å². The van der Waals surface area contributed by atoms with Gasteiger partial charge in [-0.1, -0.05) is 145 Å². The topological polar surface area (TPSA) is 33.5 Å². The molecule has 94 heavy (non-hydrogen) atoms. The number of para-hydroxylation sites is 1. The molecule has 470 valence electrons. The average Bonchev–Trinajstić information content (AvgIpc) is 0.772. The van der Waals surface area contributed by atoms with Crippen LogP contribution in [0.2, 0.25) is 0 Å². The highest BCUT2D eigenvalue weighted by Gasteiger charge is 2.26. The molecular weight excluding hydrogens is 1180 g/mol. The highest BCUT2D eigenvalue weighted by Crippen LogP contribution is 2.39. The van der Waals surface area contributed by atoms with E-state index in [1.807, 2.05) is 17.4 Å². The Kier molecular flexibility index (Phi) is 20.1. The molecule has 0 aliphatic carbocycles. The lowest BCUT2D eigenvalue weighted by molar-refractivity contribution is -0.908. The summed E-state index contributed by atoms with van der Waals surface area (Å²) in [6.07, 6.45) is 1.17. The third-order valence-electron chi connectivity index (χ3n) is 19.2. The molecule has 0 amide bonds. The van der Waals surface area contributed by atoms with E-state index in [9.17, 15) is 0 Å². The molecular formula is C87H87ClN5S+3. The SMILES string of the molecule is CC[N+](C)(CC)CCC[n+]1c(-c2ccccc2)c2cc(C)ccc2c2ccc(C)cc21.Cc1cc(-c2cc(C)c(C)c3ccccc23)c2ccccc2c1C.Cc1ccc2nc3ccc(C)cc3[n+](-c3ccccc3)c2c1.Cc1ccc2nc3ccc(C)cc3[s+]c2c1.[Cl-]. The van der Waals surface area contributed by atoms with Gasteiger partial charge in [0.15, 0.2) is 6.54 Å². The van der Waals surface area contributed by atoms with E-state index in [1.165, 1.54) is 157 Å². The van der Waals surface area contributed by atoms with Crippen LogP contribution in [0.5, 0.6) is 0 Å². The number of nitrogens with zero attached hydrogens (tertiary/aromatic N) is 5. The number of benzene rings is 12. The Morgan fingerprint density at radius 2 is 0.777 bits per heavy atom. The highest BCUT2D eigenvalue weighted by molar-refractivity contribution is 7.24. The van der Waals surface area contributed by atoms with Gasteiger partial charge >= 0.3 is 0 Å². The van der Waals surface area contributed by atoms with Gasteiger partial charge in [0.05, 0.1) is 43.9 Å². The van der Waals surface area contributed by atoms with E-state index in [4.69, 9.17) is 4.98 Å². The third-order valence-corrected chi connectivity index (χ3v) is 20.3. The third kappa shape index (κ3) is 13.8. The molecule has 0 spiro atoms. The normalized spacial score (nSPS) is 11.4. The van der Waals surface area contributed by atoms with Gasteiger partial charge in [-0.25, -0.2) is 9.97 Å². The predicted molar refractivity (Wildman–Crippen MR) is 400 cm³/mol. The van der Waals surface area contributed by atoms with Crippen LogP contribution in [0.3, 0.4) is 0 Å². The molecule has 7 heteroatoms. The Labute approximate surface area is 566 Å². The average molecular weight is 1270 g/mol. The van der Waals surface area contributed by atoms with Crippen molar-refractivity contribution in [3.8, 4) is 28.1 Å². The summed E-state index contributed by atoms with van der Waals surface area (Å²) >= 11 is 1.82. The molecule has 15 rings (SSSR count). The van der Waals surface area contributed by atoms with Crippen LogP contribution in [0.25, 0.3) is 114 Å². The molecule has 0 fully saturated rings. The van der Waals surface area contributed by atoms with Crippen LogP contribution in [-0.4, -0.2) is 41.1 Å². The van der Waals surface area contributed by atoms with Crippen molar-refractivity contribution < 1.29 is 26.0 Å². The summed E-state index contributed by atoms with van der Waals surface area (Å²) < 4.78 is 8.55. The fourth-order valence-electron chi connectivity index (χ4n) is 13.3. The molecule has 0 aliphatic rings. The van der Waals surface area contributed by atoms with Crippen molar-refractivity contribution >= 4 is 97.1 Å².